The summed E-state index contributed by atoms with van der Waals surface area (Å²) in [4.78, 5) is 13.8. The molecule has 0 aliphatic rings. The zero-order chi connectivity index (χ0) is 52.3. The molecule has 21 heteroatoms. The van der Waals surface area contributed by atoms with Crippen LogP contribution in [0.15, 0.2) is 101 Å². The monoisotopic (exact) mass is 1120 g/mol. The zero-order valence-electron chi connectivity index (χ0n) is 43.7. The number of halogens is 1. The molecule has 0 aliphatic carbocycles. The van der Waals surface area contributed by atoms with Gasteiger partial charge in [-0.05, 0) is 59.7 Å². The van der Waals surface area contributed by atoms with E-state index in [-0.39, 0.29) is 58.3 Å². The fraction of sp³-hybridized carbons (Fsp3) is 0.436. The maximum absolute atomic E-state index is 11.2. The van der Waals surface area contributed by atoms with Crippen molar-refractivity contribution in [2.24, 2.45) is 9.98 Å². The molecule has 0 atom stereocenters. The number of benzene rings is 4. The van der Waals surface area contributed by atoms with Crippen molar-refractivity contribution in [2.45, 2.75) is 0 Å². The molecule has 5 rings (SSSR count). The van der Waals surface area contributed by atoms with Crippen molar-refractivity contribution >= 4 is 23.9 Å². The third kappa shape index (κ3) is 23.4. The van der Waals surface area contributed by atoms with Crippen LogP contribution in [0, 0.1) is 0 Å². The smallest absolute Gasteiger partial charge is 1.00 e. The fourth-order valence-electron chi connectivity index (χ4n) is 6.83. The van der Waals surface area contributed by atoms with Gasteiger partial charge in [0, 0.05) is 55.1 Å². The summed E-state index contributed by atoms with van der Waals surface area (Å²) in [5, 5.41) is 22.5. The fourth-order valence-corrected chi connectivity index (χ4v) is 6.83. The Balaban J connectivity index is 0.00000760. The Labute approximate surface area is 462 Å². The molecule has 0 fully saturated rings. The molecule has 1 radical (unpaired) electrons. The summed E-state index contributed by atoms with van der Waals surface area (Å²) in [6.07, 6.45) is 4.60. The first-order valence-electron chi connectivity index (χ1n) is 24.4. The van der Waals surface area contributed by atoms with Gasteiger partial charge in [0.25, 0.3) is 0 Å². The number of aromatic hydroxyl groups is 2. The third-order valence-electron chi connectivity index (χ3n) is 10.5. The number of methoxy groups -OCH3 is 4. The Morgan fingerprint density at radius 2 is 0.776 bits per heavy atom. The maximum Gasteiger partial charge on any atom is 2.00 e. The second-order valence-electron chi connectivity index (χ2n) is 15.7. The van der Waals surface area contributed by atoms with Crippen molar-refractivity contribution in [3.05, 3.63) is 102 Å². The predicted molar refractivity (Wildman–Crippen MR) is 280 cm³/mol. The number of aromatic nitrogens is 1. The molecule has 0 bridgehead atoms. The van der Waals surface area contributed by atoms with Crippen LogP contribution in [0.4, 0.5) is 11.5 Å². The van der Waals surface area contributed by atoms with Crippen molar-refractivity contribution in [1.29, 1.82) is 0 Å². The minimum absolute atomic E-state index is 0. The Morgan fingerprint density at radius 1 is 0.421 bits per heavy atom. The second kappa shape index (κ2) is 39.9. The molecule has 415 valence electrons. The molecule has 4 aromatic carbocycles. The van der Waals surface area contributed by atoms with Crippen LogP contribution in [0.5, 0.6) is 34.5 Å². The number of hydrogen-bond acceptors (Lipinski definition) is 19. The maximum atomic E-state index is 11.2. The number of rotatable bonds is 40. The van der Waals surface area contributed by atoms with Gasteiger partial charge in [-0.2, -0.15) is 0 Å². The number of nitrogens with zero attached hydrogens (tertiary/aromatic N) is 3. The standard InChI is InChI=1S/C55H71N3O16.ClH.Mn/c1-61-16-18-65-20-22-67-24-26-69-28-30-71-32-34-73-49-13-7-5-10-46(49)42-36-44(53(59)51(38-42)63-3)40-57-48-12-9-15-56-55(48)58-41-45-37-43(39-52(64-4)54(45)60)47-11-6-8-14-50(47)74-35-33-72-31-29-70-27-25-68-23-21-66-19-17-62-2;;/h5-15,36-41,59-60H,16-35H2,1-4H3;1H;/q;;+2/p-1/b57-40?,58-41+;;. The summed E-state index contributed by atoms with van der Waals surface area (Å²) in [5.41, 5.74) is 4.12. The summed E-state index contributed by atoms with van der Waals surface area (Å²) in [5.74, 6) is 1.76. The molecule has 0 aliphatic heterocycles. The first-order valence-corrected chi connectivity index (χ1v) is 24.4. The van der Waals surface area contributed by atoms with Crippen molar-refractivity contribution in [2.75, 3.05) is 161 Å². The van der Waals surface area contributed by atoms with Crippen LogP contribution in [0.25, 0.3) is 22.3 Å². The molecule has 2 N–H and O–H groups in total. The van der Waals surface area contributed by atoms with E-state index in [1.807, 2.05) is 48.5 Å². The van der Waals surface area contributed by atoms with Crippen LogP contribution >= 0.6 is 0 Å². The number of para-hydroxylation sites is 2. The van der Waals surface area contributed by atoms with Gasteiger partial charge in [0.2, 0.25) is 0 Å². The van der Waals surface area contributed by atoms with Gasteiger partial charge in [-0.25, -0.2) is 9.98 Å². The van der Waals surface area contributed by atoms with Gasteiger partial charge >= 0.3 is 17.1 Å². The molecule has 1 heterocycles. The van der Waals surface area contributed by atoms with Crippen LogP contribution in [0.2, 0.25) is 0 Å². The van der Waals surface area contributed by atoms with E-state index in [9.17, 15) is 10.2 Å². The minimum atomic E-state index is -0.113. The molecule has 0 unspecified atom stereocenters. The second-order valence-corrected chi connectivity index (χ2v) is 15.7. The first-order chi connectivity index (χ1) is 36.5. The van der Waals surface area contributed by atoms with Crippen LogP contribution in [-0.4, -0.2) is 188 Å². The van der Waals surface area contributed by atoms with E-state index >= 15 is 0 Å². The molecule has 76 heavy (non-hydrogen) atoms. The molecule has 0 saturated heterocycles. The van der Waals surface area contributed by atoms with E-state index in [1.54, 1.807) is 56.8 Å². The van der Waals surface area contributed by atoms with Crippen LogP contribution in [-0.2, 0) is 64.4 Å². The predicted octanol–water partition coefficient (Wildman–Crippen LogP) is 4.53. The molecule has 1 aromatic heterocycles. The van der Waals surface area contributed by atoms with E-state index in [4.69, 9.17) is 71.3 Å². The van der Waals surface area contributed by atoms with Crippen molar-refractivity contribution in [3.8, 4) is 56.8 Å². The van der Waals surface area contributed by atoms with Crippen LogP contribution in [0.3, 0.4) is 0 Å². The quantitative estimate of drug-likeness (QED) is 0.0314. The molecule has 0 saturated carbocycles. The van der Waals surface area contributed by atoms with Gasteiger partial charge in [-0.15, -0.1) is 0 Å². The largest absolute Gasteiger partial charge is 2.00 e. The number of ether oxygens (including phenoxy) is 14. The molecule has 0 spiro atoms. The summed E-state index contributed by atoms with van der Waals surface area (Å²) in [6.45, 7) is 9.04. The Bertz CT molecular complexity index is 2250. The molecular formula is C55H71ClMnN3O16+. The van der Waals surface area contributed by atoms with E-state index in [1.165, 1.54) is 26.6 Å². The van der Waals surface area contributed by atoms with E-state index in [0.717, 1.165) is 22.3 Å². The summed E-state index contributed by atoms with van der Waals surface area (Å²) < 4.78 is 77.7. The van der Waals surface area contributed by atoms with Gasteiger partial charge in [-0.1, -0.05) is 36.4 Å². The number of aliphatic imine (C=N–C) groups is 2. The van der Waals surface area contributed by atoms with Gasteiger partial charge in [0.1, 0.15) is 30.4 Å². The molecule has 5 aromatic rings. The summed E-state index contributed by atoms with van der Waals surface area (Å²) in [7, 11) is 6.23. The van der Waals surface area contributed by atoms with Crippen molar-refractivity contribution in [3.63, 3.8) is 0 Å². The molecule has 19 nitrogen and oxygen atoms in total. The van der Waals surface area contributed by atoms with Gasteiger partial charge in [0.05, 0.1) is 133 Å². The van der Waals surface area contributed by atoms with E-state index in [2.05, 4.69) is 9.98 Å². The molecular weight excluding hydrogens is 1050 g/mol. The number of hydrogen-bond donors (Lipinski definition) is 2. The summed E-state index contributed by atoms with van der Waals surface area (Å²) >= 11 is 0. The van der Waals surface area contributed by atoms with E-state index in [0.29, 0.717) is 160 Å². The average Bonchev–Trinajstić information content (AvgIpc) is 3.43. The Hall–Kier alpha value is -5.42. The van der Waals surface area contributed by atoms with Crippen LogP contribution < -0.4 is 31.4 Å². The molecule has 0 amide bonds. The van der Waals surface area contributed by atoms with E-state index < -0.39 is 0 Å². The average molecular weight is 1120 g/mol. The Morgan fingerprint density at radius 3 is 1.16 bits per heavy atom. The van der Waals surface area contributed by atoms with Gasteiger partial charge in [0.15, 0.2) is 28.8 Å². The van der Waals surface area contributed by atoms with Crippen LogP contribution in [0.1, 0.15) is 11.1 Å². The third-order valence-corrected chi connectivity index (χ3v) is 10.5. The number of pyridine rings is 1. The van der Waals surface area contributed by atoms with Crippen molar-refractivity contribution < 1.29 is 106 Å². The van der Waals surface area contributed by atoms with Gasteiger partial charge in [-0.3, -0.25) is 4.99 Å². The minimum Gasteiger partial charge on any atom is -1.00 e. The normalized spacial score (nSPS) is 11.2. The van der Waals surface area contributed by atoms with Gasteiger partial charge < -0.3 is 88.9 Å². The zero-order valence-corrected chi connectivity index (χ0v) is 45.6. The topological polar surface area (TPSA) is 207 Å². The number of phenolic OH excluding ortho intramolecular Hbond substituents is 2. The SMILES string of the molecule is COCCOCCOCCOCCOCCOc1ccccc1-c1cc(C=Nc2cccnc2/N=C/c2cc(-c3ccccc3OCCOCCOCCOCCOCCOC)cc(OC)c2O)c(O)c(OC)c1.[Cl-].[Mn+2]. The first kappa shape index (κ1) is 64.9. The number of phenols is 2. The summed E-state index contributed by atoms with van der Waals surface area (Å²) in [6, 6.07) is 25.6. The Kier molecular flexibility index (Phi) is 34.0. The van der Waals surface area contributed by atoms with Crippen molar-refractivity contribution in [1.82, 2.24) is 4.98 Å².